The first-order chi connectivity index (χ1) is 12.8. The second kappa shape index (κ2) is 6.29. The fourth-order valence-electron chi connectivity index (χ4n) is 3.81. The van der Waals surface area contributed by atoms with Crippen molar-refractivity contribution >= 4 is 16.9 Å². The molecule has 5 rings (SSSR count). The number of aromatic nitrogens is 3. The summed E-state index contributed by atoms with van der Waals surface area (Å²) in [5.74, 6) is 0. The van der Waals surface area contributed by atoms with Crippen molar-refractivity contribution in [3.63, 3.8) is 0 Å². The lowest BCUT2D eigenvalue weighted by atomic mass is 10.0. The van der Waals surface area contributed by atoms with Crippen molar-refractivity contribution in [1.29, 1.82) is 0 Å². The number of nitrogens with zero attached hydrogens (tertiary/aromatic N) is 5. The van der Waals surface area contributed by atoms with Crippen LogP contribution in [-0.2, 0) is 0 Å². The summed E-state index contributed by atoms with van der Waals surface area (Å²) in [5, 5.41) is 1.70. The highest BCUT2D eigenvalue weighted by Crippen LogP contribution is 2.47. The summed E-state index contributed by atoms with van der Waals surface area (Å²) in [6, 6.07) is 14.6. The SMILES string of the molecule is C[C@@H]1CN2C(=N[C@H](c3ccccn3)[C@@H]2c2cccn2-c2ccncc2)S1. The number of fused-ring (bicyclic) bond motifs is 1. The van der Waals surface area contributed by atoms with Gasteiger partial charge in [0.2, 0.25) is 0 Å². The molecular formula is C20H19N5S. The topological polar surface area (TPSA) is 46.3 Å². The highest BCUT2D eigenvalue weighted by atomic mass is 32.2. The van der Waals surface area contributed by atoms with Gasteiger partial charge in [0, 0.05) is 48.0 Å². The van der Waals surface area contributed by atoms with Gasteiger partial charge in [0.05, 0.1) is 11.7 Å². The molecule has 2 aliphatic rings. The summed E-state index contributed by atoms with van der Waals surface area (Å²) < 4.78 is 2.24. The molecule has 2 aliphatic heterocycles. The van der Waals surface area contributed by atoms with Crippen molar-refractivity contribution < 1.29 is 0 Å². The number of thioether (sulfide) groups is 1. The van der Waals surface area contributed by atoms with Crippen molar-refractivity contribution in [1.82, 2.24) is 19.4 Å². The molecule has 0 spiro atoms. The maximum Gasteiger partial charge on any atom is 0.160 e. The van der Waals surface area contributed by atoms with Crippen LogP contribution in [0.3, 0.4) is 0 Å². The van der Waals surface area contributed by atoms with Crippen molar-refractivity contribution in [2.24, 2.45) is 4.99 Å². The second-order valence-electron chi connectivity index (χ2n) is 6.65. The molecule has 1 fully saturated rings. The molecule has 0 amide bonds. The molecule has 5 nitrogen and oxygen atoms in total. The van der Waals surface area contributed by atoms with E-state index >= 15 is 0 Å². The van der Waals surface area contributed by atoms with Gasteiger partial charge in [-0.1, -0.05) is 24.8 Å². The molecular weight excluding hydrogens is 342 g/mol. The van der Waals surface area contributed by atoms with Crippen molar-refractivity contribution in [2.45, 2.75) is 24.3 Å². The van der Waals surface area contributed by atoms with E-state index in [1.165, 1.54) is 5.69 Å². The van der Waals surface area contributed by atoms with E-state index in [0.717, 1.165) is 23.1 Å². The summed E-state index contributed by atoms with van der Waals surface area (Å²) in [6.45, 7) is 3.28. The predicted molar refractivity (Wildman–Crippen MR) is 104 cm³/mol. The highest BCUT2D eigenvalue weighted by Gasteiger charge is 2.44. The monoisotopic (exact) mass is 361 g/mol. The average molecular weight is 361 g/mol. The van der Waals surface area contributed by atoms with Crippen LogP contribution in [0, 0.1) is 0 Å². The quantitative estimate of drug-likeness (QED) is 0.711. The van der Waals surface area contributed by atoms with Crippen molar-refractivity contribution in [3.8, 4) is 5.69 Å². The normalized spacial score (nSPS) is 24.6. The molecule has 0 radical (unpaired) electrons. The van der Waals surface area contributed by atoms with Gasteiger partial charge >= 0.3 is 0 Å². The summed E-state index contributed by atoms with van der Waals surface area (Å²) in [5.41, 5.74) is 3.38. The standard InChI is InChI=1S/C20H19N5S/c1-14-13-25-19(17-6-4-12-24(17)15-7-10-21-11-8-15)18(23-20(25)26-14)16-5-2-3-9-22-16/h2-12,14,18-19H,13H2,1H3/t14-,18-,19+/m1/s1. The van der Waals surface area contributed by atoms with Gasteiger partial charge in [-0.25, -0.2) is 0 Å². The molecule has 0 bridgehead atoms. The molecule has 130 valence electrons. The van der Waals surface area contributed by atoms with Gasteiger partial charge in [-0.2, -0.15) is 0 Å². The zero-order valence-electron chi connectivity index (χ0n) is 14.4. The van der Waals surface area contributed by atoms with Crippen molar-refractivity contribution in [3.05, 3.63) is 78.6 Å². The van der Waals surface area contributed by atoms with Crippen LogP contribution in [0.15, 0.2) is 72.2 Å². The van der Waals surface area contributed by atoms with Crippen LogP contribution in [0.25, 0.3) is 5.69 Å². The summed E-state index contributed by atoms with van der Waals surface area (Å²) in [7, 11) is 0. The Morgan fingerprint density at radius 2 is 1.92 bits per heavy atom. The molecule has 0 N–H and O–H groups in total. The highest BCUT2D eigenvalue weighted by molar-refractivity contribution is 8.14. The smallest absolute Gasteiger partial charge is 0.160 e. The molecule has 0 unspecified atom stereocenters. The molecule has 1 saturated heterocycles. The lowest BCUT2D eigenvalue weighted by Gasteiger charge is -2.28. The molecule has 0 saturated carbocycles. The van der Waals surface area contributed by atoms with Crippen LogP contribution < -0.4 is 0 Å². The fourth-order valence-corrected chi connectivity index (χ4v) is 4.91. The molecule has 26 heavy (non-hydrogen) atoms. The molecule has 3 atom stereocenters. The number of rotatable bonds is 3. The van der Waals surface area contributed by atoms with Crippen molar-refractivity contribution in [2.75, 3.05) is 6.54 Å². The first-order valence-corrected chi connectivity index (χ1v) is 9.69. The van der Waals surface area contributed by atoms with E-state index in [1.54, 1.807) is 0 Å². The maximum atomic E-state index is 5.06. The largest absolute Gasteiger partial charge is 0.339 e. The lowest BCUT2D eigenvalue weighted by molar-refractivity contribution is 0.312. The van der Waals surface area contributed by atoms with Crippen LogP contribution in [0.4, 0.5) is 0 Å². The van der Waals surface area contributed by atoms with Crippen LogP contribution in [-0.4, -0.2) is 36.4 Å². The first kappa shape index (κ1) is 15.6. The van der Waals surface area contributed by atoms with E-state index < -0.39 is 0 Å². The number of aliphatic imine (C=N–C) groups is 1. The number of amidine groups is 1. The molecule has 3 aromatic heterocycles. The Bertz CT molecular complexity index is 937. The van der Waals surface area contributed by atoms with Gasteiger partial charge in [-0.05, 0) is 36.4 Å². The number of hydrogen-bond acceptors (Lipinski definition) is 5. The zero-order chi connectivity index (χ0) is 17.5. The summed E-state index contributed by atoms with van der Waals surface area (Å²) in [4.78, 5) is 16.3. The Hall–Kier alpha value is -2.60. The third-order valence-electron chi connectivity index (χ3n) is 4.91. The van der Waals surface area contributed by atoms with Gasteiger partial charge < -0.3 is 9.47 Å². The van der Waals surface area contributed by atoms with E-state index in [4.69, 9.17) is 4.99 Å². The second-order valence-corrected chi connectivity index (χ2v) is 8.05. The minimum absolute atomic E-state index is 0.0155. The Labute approximate surface area is 156 Å². The summed E-state index contributed by atoms with van der Waals surface area (Å²) in [6.07, 6.45) is 7.64. The van der Waals surface area contributed by atoms with E-state index in [1.807, 2.05) is 54.6 Å². The average Bonchev–Trinajstić information content (AvgIpc) is 3.37. The van der Waals surface area contributed by atoms with Gasteiger partial charge in [0.25, 0.3) is 0 Å². The Balaban J connectivity index is 1.62. The molecule has 0 aromatic carbocycles. The number of hydrogen-bond donors (Lipinski definition) is 0. The Kier molecular flexibility index (Phi) is 3.78. The van der Waals surface area contributed by atoms with E-state index in [2.05, 4.69) is 50.8 Å². The molecule has 0 aliphatic carbocycles. The zero-order valence-corrected chi connectivity index (χ0v) is 15.3. The first-order valence-electron chi connectivity index (χ1n) is 8.81. The van der Waals surface area contributed by atoms with Crippen LogP contribution in [0.2, 0.25) is 0 Å². The third kappa shape index (κ3) is 2.52. The maximum absolute atomic E-state index is 5.06. The minimum Gasteiger partial charge on any atom is -0.339 e. The van der Waals surface area contributed by atoms with Crippen LogP contribution in [0.1, 0.15) is 30.4 Å². The Morgan fingerprint density at radius 3 is 2.73 bits per heavy atom. The van der Waals surface area contributed by atoms with Gasteiger partial charge in [0.1, 0.15) is 6.04 Å². The molecule has 5 heterocycles. The van der Waals surface area contributed by atoms with E-state index in [-0.39, 0.29) is 12.1 Å². The van der Waals surface area contributed by atoms with Gasteiger partial charge in [-0.15, -0.1) is 0 Å². The molecule has 3 aromatic rings. The Morgan fingerprint density at radius 1 is 1.04 bits per heavy atom. The number of pyridine rings is 2. The lowest BCUT2D eigenvalue weighted by Crippen LogP contribution is -2.30. The predicted octanol–water partition coefficient (Wildman–Crippen LogP) is 3.86. The van der Waals surface area contributed by atoms with E-state index in [0.29, 0.717) is 5.25 Å². The fraction of sp³-hybridized carbons (Fsp3) is 0.250. The van der Waals surface area contributed by atoms with Crippen LogP contribution in [0.5, 0.6) is 0 Å². The minimum atomic E-state index is 0.0155. The van der Waals surface area contributed by atoms with Gasteiger partial charge in [-0.3, -0.25) is 15.0 Å². The van der Waals surface area contributed by atoms with Gasteiger partial charge in [0.15, 0.2) is 5.17 Å². The third-order valence-corrected chi connectivity index (χ3v) is 6.01. The van der Waals surface area contributed by atoms with Crippen LogP contribution >= 0.6 is 11.8 Å². The summed E-state index contributed by atoms with van der Waals surface area (Å²) >= 11 is 1.87. The molecule has 6 heteroatoms. The van der Waals surface area contributed by atoms with E-state index in [9.17, 15) is 0 Å².